The van der Waals surface area contributed by atoms with Gasteiger partial charge in [-0.3, -0.25) is 0 Å². The van der Waals surface area contributed by atoms with Crippen molar-refractivity contribution in [1.82, 2.24) is 0 Å². The fraction of sp³-hybridized carbons (Fsp3) is 0.0741. The zero-order chi connectivity index (χ0) is 20.3. The van der Waals surface area contributed by atoms with E-state index in [1.165, 1.54) is 0 Å². The normalized spacial score (nSPS) is 12.7. The van der Waals surface area contributed by atoms with E-state index in [4.69, 9.17) is 4.74 Å². The van der Waals surface area contributed by atoms with Crippen LogP contribution in [0.3, 0.4) is 0 Å². The second kappa shape index (κ2) is 7.88. The Hall–Kier alpha value is -3.85. The van der Waals surface area contributed by atoms with Crippen molar-refractivity contribution in [3.63, 3.8) is 0 Å². The van der Waals surface area contributed by atoms with Gasteiger partial charge < -0.3 is 9.64 Å². The molecule has 0 atom stereocenters. The van der Waals surface area contributed by atoms with E-state index in [1.807, 2.05) is 24.3 Å². The van der Waals surface area contributed by atoms with Crippen LogP contribution in [0.15, 0.2) is 103 Å². The Kier molecular flexibility index (Phi) is 4.78. The molecular formula is C27H21NO2. The van der Waals surface area contributed by atoms with E-state index in [2.05, 4.69) is 83.8 Å². The van der Waals surface area contributed by atoms with Crippen molar-refractivity contribution in [2.24, 2.45) is 0 Å². The predicted octanol–water partition coefficient (Wildman–Crippen LogP) is 6.54. The largest absolute Gasteiger partial charge is 0.462 e. The van der Waals surface area contributed by atoms with Crippen LogP contribution in [0, 0.1) is 0 Å². The first-order chi connectivity index (χ1) is 14.8. The van der Waals surface area contributed by atoms with Crippen LogP contribution in [0.5, 0.6) is 0 Å². The molecule has 0 unspecified atom stereocenters. The standard InChI is InChI=1S/C27H21NO2/c29-27-26-16-13-21(19-22(26)17-18-30-27)20-11-14-25(15-12-20)28(23-7-3-1-4-8-23)24-9-5-2-6-10-24/h1-16,19H,17-18H2. The number of cyclic esters (lactones) is 1. The van der Waals surface area contributed by atoms with Crippen LogP contribution < -0.4 is 4.90 Å². The van der Waals surface area contributed by atoms with E-state index >= 15 is 0 Å². The Morgan fingerprint density at radius 1 is 0.633 bits per heavy atom. The van der Waals surface area contributed by atoms with Gasteiger partial charge >= 0.3 is 5.97 Å². The number of ether oxygens (including phenoxy) is 1. The summed E-state index contributed by atoms with van der Waals surface area (Å²) in [6.45, 7) is 0.456. The van der Waals surface area contributed by atoms with Gasteiger partial charge in [-0.1, -0.05) is 60.7 Å². The number of hydrogen-bond acceptors (Lipinski definition) is 3. The maximum Gasteiger partial charge on any atom is 0.338 e. The number of nitrogens with zero attached hydrogens (tertiary/aromatic N) is 1. The first-order valence-electron chi connectivity index (χ1n) is 10.1. The summed E-state index contributed by atoms with van der Waals surface area (Å²) in [4.78, 5) is 14.1. The molecule has 0 radical (unpaired) electrons. The van der Waals surface area contributed by atoms with Crippen LogP contribution in [0.2, 0.25) is 0 Å². The molecule has 0 saturated heterocycles. The zero-order valence-corrected chi connectivity index (χ0v) is 16.5. The summed E-state index contributed by atoms with van der Waals surface area (Å²) in [5, 5.41) is 0. The Morgan fingerprint density at radius 3 is 1.83 bits per heavy atom. The smallest absolute Gasteiger partial charge is 0.338 e. The molecule has 0 aliphatic carbocycles. The number of esters is 1. The maximum atomic E-state index is 11.9. The molecule has 3 heteroatoms. The third-order valence-electron chi connectivity index (χ3n) is 5.42. The van der Waals surface area contributed by atoms with E-state index in [1.54, 1.807) is 0 Å². The minimum absolute atomic E-state index is 0.223. The SMILES string of the molecule is O=C1OCCc2cc(-c3ccc(N(c4ccccc4)c4ccccc4)cc3)ccc21. The van der Waals surface area contributed by atoms with Gasteiger partial charge in [-0.25, -0.2) is 4.79 Å². The summed E-state index contributed by atoms with van der Waals surface area (Å²) in [7, 11) is 0. The highest BCUT2D eigenvalue weighted by molar-refractivity contribution is 5.93. The number of benzene rings is 4. The monoisotopic (exact) mass is 391 g/mol. The maximum absolute atomic E-state index is 11.9. The molecule has 3 nitrogen and oxygen atoms in total. The van der Waals surface area contributed by atoms with Crippen LogP contribution in [0.1, 0.15) is 15.9 Å². The van der Waals surface area contributed by atoms with Crippen molar-refractivity contribution in [2.45, 2.75) is 6.42 Å². The molecule has 0 bridgehead atoms. The number of para-hydroxylation sites is 2. The molecule has 0 saturated carbocycles. The Labute approximate surface area is 176 Å². The molecule has 0 amide bonds. The van der Waals surface area contributed by atoms with E-state index in [0.29, 0.717) is 12.2 Å². The lowest BCUT2D eigenvalue weighted by molar-refractivity contribution is 0.0480. The topological polar surface area (TPSA) is 29.5 Å². The van der Waals surface area contributed by atoms with Gasteiger partial charge in [0.1, 0.15) is 0 Å². The lowest BCUT2D eigenvalue weighted by Crippen LogP contribution is -2.17. The highest BCUT2D eigenvalue weighted by Crippen LogP contribution is 2.35. The zero-order valence-electron chi connectivity index (χ0n) is 16.5. The first kappa shape index (κ1) is 18.2. The molecule has 0 aromatic heterocycles. The molecular weight excluding hydrogens is 370 g/mol. The van der Waals surface area contributed by atoms with E-state index < -0.39 is 0 Å². The molecule has 30 heavy (non-hydrogen) atoms. The Balaban J connectivity index is 1.51. The van der Waals surface area contributed by atoms with Crippen LogP contribution in [0.4, 0.5) is 17.1 Å². The quantitative estimate of drug-likeness (QED) is 0.370. The van der Waals surface area contributed by atoms with Gasteiger partial charge in [-0.2, -0.15) is 0 Å². The van der Waals surface area contributed by atoms with Gasteiger partial charge in [0.2, 0.25) is 0 Å². The average Bonchev–Trinajstić information content (AvgIpc) is 2.81. The minimum atomic E-state index is -0.223. The molecule has 0 fully saturated rings. The van der Waals surface area contributed by atoms with E-state index in [9.17, 15) is 4.79 Å². The number of carbonyl (C=O) groups excluding carboxylic acids is 1. The van der Waals surface area contributed by atoms with Crippen LogP contribution in [-0.2, 0) is 11.2 Å². The fourth-order valence-corrected chi connectivity index (χ4v) is 3.91. The summed E-state index contributed by atoms with van der Waals surface area (Å²) >= 11 is 0. The van der Waals surface area contributed by atoms with Gasteiger partial charge in [0.05, 0.1) is 12.2 Å². The summed E-state index contributed by atoms with van der Waals surface area (Å²) in [5.74, 6) is -0.223. The van der Waals surface area contributed by atoms with Crippen molar-refractivity contribution >= 4 is 23.0 Å². The third-order valence-corrected chi connectivity index (χ3v) is 5.42. The lowest BCUT2D eigenvalue weighted by atomic mass is 9.96. The van der Waals surface area contributed by atoms with Crippen LogP contribution >= 0.6 is 0 Å². The highest BCUT2D eigenvalue weighted by atomic mass is 16.5. The average molecular weight is 391 g/mol. The molecule has 1 aliphatic rings. The summed E-state index contributed by atoms with van der Waals surface area (Å²) in [6.07, 6.45) is 0.767. The Morgan fingerprint density at radius 2 is 1.20 bits per heavy atom. The molecule has 146 valence electrons. The lowest BCUT2D eigenvalue weighted by Gasteiger charge is -2.25. The third kappa shape index (κ3) is 3.46. The van der Waals surface area contributed by atoms with Gasteiger partial charge in [-0.05, 0) is 59.2 Å². The second-order valence-electron chi connectivity index (χ2n) is 7.31. The molecule has 4 aromatic rings. The second-order valence-corrected chi connectivity index (χ2v) is 7.31. The number of rotatable bonds is 4. The van der Waals surface area contributed by atoms with Gasteiger partial charge in [0, 0.05) is 23.5 Å². The first-order valence-corrected chi connectivity index (χ1v) is 10.1. The summed E-state index contributed by atoms with van der Waals surface area (Å²) in [5.41, 5.74) is 7.30. The van der Waals surface area contributed by atoms with Crippen LogP contribution in [0.25, 0.3) is 11.1 Å². The van der Waals surface area contributed by atoms with Gasteiger partial charge in [-0.15, -0.1) is 0 Å². The molecule has 0 spiro atoms. The minimum Gasteiger partial charge on any atom is -0.462 e. The van der Waals surface area contributed by atoms with E-state index in [0.717, 1.165) is 40.2 Å². The molecule has 1 heterocycles. The highest BCUT2D eigenvalue weighted by Gasteiger charge is 2.19. The predicted molar refractivity (Wildman–Crippen MR) is 121 cm³/mol. The summed E-state index contributed by atoms with van der Waals surface area (Å²) < 4.78 is 5.13. The van der Waals surface area contributed by atoms with Crippen molar-refractivity contribution in [3.8, 4) is 11.1 Å². The number of fused-ring (bicyclic) bond motifs is 1. The van der Waals surface area contributed by atoms with Crippen molar-refractivity contribution < 1.29 is 9.53 Å². The molecule has 4 aromatic carbocycles. The van der Waals surface area contributed by atoms with Crippen LogP contribution in [-0.4, -0.2) is 12.6 Å². The van der Waals surface area contributed by atoms with Crippen molar-refractivity contribution in [3.05, 3.63) is 114 Å². The molecule has 0 N–H and O–H groups in total. The van der Waals surface area contributed by atoms with Gasteiger partial charge in [0.15, 0.2) is 0 Å². The number of hydrogen-bond donors (Lipinski definition) is 0. The fourth-order valence-electron chi connectivity index (χ4n) is 3.91. The molecule has 5 rings (SSSR count). The number of anilines is 3. The van der Waals surface area contributed by atoms with Gasteiger partial charge in [0.25, 0.3) is 0 Å². The Bertz CT molecular complexity index is 1130. The summed E-state index contributed by atoms with van der Waals surface area (Å²) in [6, 6.07) is 35.3. The molecule has 1 aliphatic heterocycles. The van der Waals surface area contributed by atoms with Crippen molar-refractivity contribution in [2.75, 3.05) is 11.5 Å². The van der Waals surface area contributed by atoms with E-state index in [-0.39, 0.29) is 5.97 Å². The number of carbonyl (C=O) groups is 1. The van der Waals surface area contributed by atoms with Crippen molar-refractivity contribution in [1.29, 1.82) is 0 Å².